The van der Waals surface area contributed by atoms with Crippen LogP contribution in [0.1, 0.15) is 5.56 Å². The molecule has 2 aromatic heterocycles. The quantitative estimate of drug-likeness (QED) is 0.801. The fourth-order valence-electron chi connectivity index (χ4n) is 2.86. The SMILES string of the molecule is CN1CN(c2ccccc2)Cc2cnc(Nc3cccnc3)nc21. The predicted molar refractivity (Wildman–Crippen MR) is 95.4 cm³/mol. The molecule has 1 N–H and O–H groups in total. The van der Waals surface area contributed by atoms with E-state index in [1.54, 1.807) is 12.4 Å². The standard InChI is InChI=1S/C18H18N6/c1-23-13-24(16-7-3-2-4-8-16)12-14-10-20-18(22-17(14)23)21-15-6-5-9-19-11-15/h2-11H,12-13H2,1H3,(H,20,21,22). The number of fused-ring (bicyclic) bond motifs is 1. The number of rotatable bonds is 3. The van der Waals surface area contributed by atoms with Crippen LogP contribution in [0.25, 0.3) is 0 Å². The zero-order valence-electron chi connectivity index (χ0n) is 13.4. The van der Waals surface area contributed by atoms with Crippen molar-refractivity contribution in [3.05, 3.63) is 66.6 Å². The lowest BCUT2D eigenvalue weighted by molar-refractivity contribution is 0.715. The first kappa shape index (κ1) is 14.4. The fraction of sp³-hybridized carbons (Fsp3) is 0.167. The lowest BCUT2D eigenvalue weighted by atomic mass is 10.2. The van der Waals surface area contributed by atoms with E-state index < -0.39 is 0 Å². The van der Waals surface area contributed by atoms with Gasteiger partial charge in [0.25, 0.3) is 0 Å². The Bertz CT molecular complexity index is 821. The molecular formula is C18H18N6. The number of nitrogens with one attached hydrogen (secondary N) is 1. The van der Waals surface area contributed by atoms with E-state index in [4.69, 9.17) is 0 Å². The minimum atomic E-state index is 0.585. The van der Waals surface area contributed by atoms with Crippen molar-refractivity contribution in [3.63, 3.8) is 0 Å². The number of hydrogen-bond donors (Lipinski definition) is 1. The predicted octanol–water partition coefficient (Wildman–Crippen LogP) is 3.03. The molecule has 0 fully saturated rings. The maximum atomic E-state index is 4.67. The zero-order valence-corrected chi connectivity index (χ0v) is 13.4. The Labute approximate surface area is 140 Å². The average molecular weight is 318 g/mol. The van der Waals surface area contributed by atoms with Gasteiger partial charge in [-0.1, -0.05) is 18.2 Å². The summed E-state index contributed by atoms with van der Waals surface area (Å²) in [5, 5.41) is 3.19. The molecule has 0 amide bonds. The van der Waals surface area contributed by atoms with Gasteiger partial charge in [-0.05, 0) is 24.3 Å². The van der Waals surface area contributed by atoms with Crippen LogP contribution in [0.4, 0.5) is 23.1 Å². The average Bonchev–Trinajstić information content (AvgIpc) is 2.64. The van der Waals surface area contributed by atoms with Gasteiger partial charge < -0.3 is 15.1 Å². The Balaban J connectivity index is 1.58. The number of nitrogens with zero attached hydrogens (tertiary/aromatic N) is 5. The van der Waals surface area contributed by atoms with Crippen LogP contribution in [-0.2, 0) is 6.54 Å². The van der Waals surface area contributed by atoms with Crippen LogP contribution in [0.15, 0.2) is 61.1 Å². The minimum absolute atomic E-state index is 0.585. The van der Waals surface area contributed by atoms with E-state index in [0.29, 0.717) is 5.95 Å². The topological polar surface area (TPSA) is 57.2 Å². The molecule has 0 unspecified atom stereocenters. The van der Waals surface area contributed by atoms with E-state index in [-0.39, 0.29) is 0 Å². The van der Waals surface area contributed by atoms with Gasteiger partial charge in [0, 0.05) is 37.2 Å². The summed E-state index contributed by atoms with van der Waals surface area (Å²) in [7, 11) is 2.05. The van der Waals surface area contributed by atoms with Crippen molar-refractivity contribution in [3.8, 4) is 0 Å². The van der Waals surface area contributed by atoms with Gasteiger partial charge >= 0.3 is 0 Å². The molecule has 0 spiro atoms. The van der Waals surface area contributed by atoms with Gasteiger partial charge in [-0.25, -0.2) is 4.98 Å². The lowest BCUT2D eigenvalue weighted by Gasteiger charge is -2.36. The summed E-state index contributed by atoms with van der Waals surface area (Å²) >= 11 is 0. The number of hydrogen-bond acceptors (Lipinski definition) is 6. The Morgan fingerprint density at radius 2 is 1.92 bits per heavy atom. The maximum Gasteiger partial charge on any atom is 0.229 e. The van der Waals surface area contributed by atoms with Gasteiger partial charge in [-0.15, -0.1) is 0 Å². The van der Waals surface area contributed by atoms with E-state index in [9.17, 15) is 0 Å². The van der Waals surface area contributed by atoms with Crippen molar-refractivity contribution in [2.24, 2.45) is 0 Å². The fourth-order valence-corrected chi connectivity index (χ4v) is 2.86. The van der Waals surface area contributed by atoms with E-state index >= 15 is 0 Å². The van der Waals surface area contributed by atoms with Crippen LogP contribution in [0, 0.1) is 0 Å². The molecule has 0 radical (unpaired) electrons. The molecule has 3 aromatic rings. The molecule has 0 atom stereocenters. The lowest BCUT2D eigenvalue weighted by Crippen LogP contribution is -2.41. The Morgan fingerprint density at radius 3 is 2.71 bits per heavy atom. The summed E-state index contributed by atoms with van der Waals surface area (Å²) in [6.45, 7) is 1.59. The first-order valence-corrected chi connectivity index (χ1v) is 7.84. The van der Waals surface area contributed by atoms with Crippen molar-refractivity contribution in [1.82, 2.24) is 15.0 Å². The van der Waals surface area contributed by atoms with Crippen molar-refractivity contribution in [1.29, 1.82) is 0 Å². The highest BCUT2D eigenvalue weighted by Gasteiger charge is 2.22. The highest BCUT2D eigenvalue weighted by molar-refractivity contribution is 5.60. The smallest absolute Gasteiger partial charge is 0.229 e. The maximum absolute atomic E-state index is 4.67. The molecule has 0 bridgehead atoms. The Morgan fingerprint density at radius 1 is 1.04 bits per heavy atom. The first-order chi connectivity index (χ1) is 11.8. The number of anilines is 4. The number of para-hydroxylation sites is 1. The highest BCUT2D eigenvalue weighted by Crippen LogP contribution is 2.28. The van der Waals surface area contributed by atoms with E-state index in [1.807, 2.05) is 24.4 Å². The van der Waals surface area contributed by atoms with Crippen molar-refractivity contribution < 1.29 is 0 Å². The summed E-state index contributed by atoms with van der Waals surface area (Å²) in [5.74, 6) is 1.55. The van der Waals surface area contributed by atoms with Crippen LogP contribution in [-0.4, -0.2) is 28.7 Å². The second kappa shape index (κ2) is 6.16. The number of benzene rings is 1. The minimum Gasteiger partial charge on any atom is -0.349 e. The highest BCUT2D eigenvalue weighted by atomic mass is 15.4. The molecule has 3 heterocycles. The van der Waals surface area contributed by atoms with Crippen molar-refractivity contribution in [2.45, 2.75) is 6.54 Å². The Hall–Kier alpha value is -3.15. The molecule has 1 aromatic carbocycles. The largest absolute Gasteiger partial charge is 0.349 e. The third kappa shape index (κ3) is 2.86. The Kier molecular flexibility index (Phi) is 3.70. The molecule has 1 aliphatic rings. The molecule has 1 aliphatic heterocycles. The summed E-state index contributed by atoms with van der Waals surface area (Å²) in [4.78, 5) is 17.7. The molecule has 24 heavy (non-hydrogen) atoms. The summed E-state index contributed by atoms with van der Waals surface area (Å²) in [6, 6.07) is 14.2. The van der Waals surface area contributed by atoms with E-state index in [0.717, 1.165) is 30.3 Å². The van der Waals surface area contributed by atoms with Crippen LogP contribution < -0.4 is 15.1 Å². The van der Waals surface area contributed by atoms with Gasteiger partial charge in [0.1, 0.15) is 5.82 Å². The van der Waals surface area contributed by atoms with E-state index in [2.05, 4.69) is 61.4 Å². The third-order valence-corrected chi connectivity index (χ3v) is 3.99. The second-order valence-electron chi connectivity index (χ2n) is 5.78. The molecule has 0 aliphatic carbocycles. The summed E-state index contributed by atoms with van der Waals surface area (Å²) < 4.78 is 0. The molecule has 0 saturated heterocycles. The molecular weight excluding hydrogens is 300 g/mol. The van der Waals surface area contributed by atoms with Crippen molar-refractivity contribution >= 4 is 23.1 Å². The van der Waals surface area contributed by atoms with E-state index in [1.165, 1.54) is 5.69 Å². The third-order valence-electron chi connectivity index (χ3n) is 3.99. The van der Waals surface area contributed by atoms with Crippen LogP contribution in [0.5, 0.6) is 0 Å². The second-order valence-corrected chi connectivity index (χ2v) is 5.78. The molecule has 0 saturated carbocycles. The van der Waals surface area contributed by atoms with Gasteiger partial charge in [-0.2, -0.15) is 4.98 Å². The normalized spacial score (nSPS) is 13.5. The van der Waals surface area contributed by atoms with Crippen LogP contribution >= 0.6 is 0 Å². The number of pyridine rings is 1. The van der Waals surface area contributed by atoms with Crippen LogP contribution in [0.2, 0.25) is 0 Å². The molecule has 6 nitrogen and oxygen atoms in total. The molecule has 120 valence electrons. The van der Waals surface area contributed by atoms with Gasteiger partial charge in [0.15, 0.2) is 0 Å². The zero-order chi connectivity index (χ0) is 16.4. The monoisotopic (exact) mass is 318 g/mol. The molecule has 6 heteroatoms. The summed E-state index contributed by atoms with van der Waals surface area (Å²) in [5.41, 5.74) is 3.19. The van der Waals surface area contributed by atoms with Gasteiger partial charge in [0.2, 0.25) is 5.95 Å². The first-order valence-electron chi connectivity index (χ1n) is 7.84. The van der Waals surface area contributed by atoms with Crippen molar-refractivity contribution in [2.75, 3.05) is 28.8 Å². The molecule has 4 rings (SSSR count). The summed E-state index contributed by atoms with van der Waals surface area (Å²) in [6.07, 6.45) is 5.39. The number of aromatic nitrogens is 3. The van der Waals surface area contributed by atoms with Crippen LogP contribution in [0.3, 0.4) is 0 Å². The van der Waals surface area contributed by atoms with Gasteiger partial charge in [0.05, 0.1) is 18.6 Å². The van der Waals surface area contributed by atoms with Gasteiger partial charge in [-0.3, -0.25) is 4.98 Å².